The molecule has 1 aromatic heterocycles. The molecule has 1 saturated heterocycles. The Balaban J connectivity index is 1.59. The number of allylic oxidation sites excluding steroid dienone is 2. The van der Waals surface area contributed by atoms with Gasteiger partial charge < -0.3 is 10.6 Å². The van der Waals surface area contributed by atoms with Crippen LogP contribution in [0.2, 0.25) is 0 Å². The lowest BCUT2D eigenvalue weighted by Crippen LogP contribution is -2.54. The highest BCUT2D eigenvalue weighted by Gasteiger charge is 2.43. The third-order valence-corrected chi connectivity index (χ3v) is 7.27. The molecule has 2 amide bonds. The summed E-state index contributed by atoms with van der Waals surface area (Å²) in [5, 5.41) is 2.07. The minimum atomic E-state index is -0.703. The molecule has 1 aromatic carbocycles. The average molecular weight is 409 g/mol. The fourth-order valence-corrected chi connectivity index (χ4v) is 5.53. The Hall–Kier alpha value is -2.40. The number of thiophene rings is 1. The summed E-state index contributed by atoms with van der Waals surface area (Å²) < 4.78 is 0. The first-order chi connectivity index (χ1) is 14.1. The molecule has 0 bridgehead atoms. The summed E-state index contributed by atoms with van der Waals surface area (Å²) in [5.74, 6) is -0.0622. The van der Waals surface area contributed by atoms with Crippen LogP contribution in [0.25, 0.3) is 10.4 Å². The molecule has 2 N–H and O–H groups in total. The molecule has 1 aliphatic carbocycles. The SMILES string of the molecule is NC(=O)[C@@]1(Cc2ccccc2-c2cccs2)CCCN(C(=O)[C@@H]2CC=CCC2)C1. The van der Waals surface area contributed by atoms with Gasteiger partial charge in [0, 0.05) is 23.9 Å². The smallest absolute Gasteiger partial charge is 0.226 e. The Labute approximate surface area is 176 Å². The highest BCUT2D eigenvalue weighted by molar-refractivity contribution is 7.13. The number of nitrogens with zero attached hydrogens (tertiary/aromatic N) is 1. The molecular formula is C24H28N2O2S. The first-order valence-corrected chi connectivity index (χ1v) is 11.3. The number of likely N-dealkylation sites (tertiary alicyclic amines) is 1. The van der Waals surface area contributed by atoms with Crippen molar-refractivity contribution < 1.29 is 9.59 Å². The van der Waals surface area contributed by atoms with E-state index in [9.17, 15) is 9.59 Å². The first-order valence-electron chi connectivity index (χ1n) is 10.4. The molecule has 1 fully saturated rings. The van der Waals surface area contributed by atoms with E-state index < -0.39 is 5.41 Å². The van der Waals surface area contributed by atoms with Gasteiger partial charge in [0.25, 0.3) is 0 Å². The second kappa shape index (κ2) is 8.54. The zero-order chi connectivity index (χ0) is 20.3. The average Bonchev–Trinajstić information content (AvgIpc) is 3.29. The molecule has 0 radical (unpaired) electrons. The predicted molar refractivity (Wildman–Crippen MR) is 117 cm³/mol. The highest BCUT2D eigenvalue weighted by atomic mass is 32.1. The Morgan fingerprint density at radius 1 is 1.17 bits per heavy atom. The molecule has 5 heteroatoms. The summed E-state index contributed by atoms with van der Waals surface area (Å²) in [4.78, 5) is 28.9. The molecule has 29 heavy (non-hydrogen) atoms. The molecular weight excluding hydrogens is 380 g/mol. The van der Waals surface area contributed by atoms with E-state index in [2.05, 4.69) is 35.7 Å². The lowest BCUT2D eigenvalue weighted by atomic mass is 9.73. The summed E-state index contributed by atoms with van der Waals surface area (Å²) in [5.41, 5.74) is 7.56. The molecule has 1 aliphatic heterocycles. The zero-order valence-corrected chi connectivity index (χ0v) is 17.5. The van der Waals surface area contributed by atoms with Crippen LogP contribution in [0, 0.1) is 11.3 Å². The van der Waals surface area contributed by atoms with Crippen molar-refractivity contribution in [1.29, 1.82) is 0 Å². The highest BCUT2D eigenvalue weighted by Crippen LogP contribution is 2.38. The summed E-state index contributed by atoms with van der Waals surface area (Å²) in [6.07, 6.45) is 9.04. The van der Waals surface area contributed by atoms with Gasteiger partial charge in [0.15, 0.2) is 0 Å². The number of rotatable bonds is 5. The minimum Gasteiger partial charge on any atom is -0.369 e. The quantitative estimate of drug-likeness (QED) is 0.745. The maximum Gasteiger partial charge on any atom is 0.226 e. The summed E-state index contributed by atoms with van der Waals surface area (Å²) in [6, 6.07) is 12.4. The maximum atomic E-state index is 13.1. The van der Waals surface area contributed by atoms with Crippen LogP contribution >= 0.6 is 11.3 Å². The van der Waals surface area contributed by atoms with Gasteiger partial charge >= 0.3 is 0 Å². The molecule has 4 nitrogen and oxygen atoms in total. The van der Waals surface area contributed by atoms with Gasteiger partial charge in [0.1, 0.15) is 0 Å². The van der Waals surface area contributed by atoms with E-state index in [-0.39, 0.29) is 17.7 Å². The summed E-state index contributed by atoms with van der Waals surface area (Å²) >= 11 is 1.70. The molecule has 4 rings (SSSR count). The van der Waals surface area contributed by atoms with E-state index in [4.69, 9.17) is 5.73 Å². The van der Waals surface area contributed by atoms with Gasteiger partial charge in [-0.05, 0) is 61.1 Å². The maximum absolute atomic E-state index is 13.1. The van der Waals surface area contributed by atoms with Crippen molar-refractivity contribution in [3.05, 3.63) is 59.5 Å². The fourth-order valence-electron chi connectivity index (χ4n) is 4.74. The number of benzene rings is 1. The van der Waals surface area contributed by atoms with Gasteiger partial charge in [0.05, 0.1) is 5.41 Å². The van der Waals surface area contributed by atoms with Crippen LogP contribution in [-0.2, 0) is 16.0 Å². The van der Waals surface area contributed by atoms with Gasteiger partial charge in [-0.2, -0.15) is 0 Å². The van der Waals surface area contributed by atoms with Crippen LogP contribution in [0.3, 0.4) is 0 Å². The molecule has 0 unspecified atom stereocenters. The summed E-state index contributed by atoms with van der Waals surface area (Å²) in [7, 11) is 0. The molecule has 2 aliphatic rings. The van der Waals surface area contributed by atoms with Gasteiger partial charge in [0.2, 0.25) is 11.8 Å². The lowest BCUT2D eigenvalue weighted by Gasteiger charge is -2.42. The Bertz CT molecular complexity index is 905. The van der Waals surface area contributed by atoms with Crippen molar-refractivity contribution in [2.24, 2.45) is 17.1 Å². The van der Waals surface area contributed by atoms with Crippen LogP contribution in [-0.4, -0.2) is 29.8 Å². The van der Waals surface area contributed by atoms with Gasteiger partial charge in [-0.15, -0.1) is 11.3 Å². The number of carbonyl (C=O) groups is 2. The Morgan fingerprint density at radius 3 is 2.76 bits per heavy atom. The number of nitrogens with two attached hydrogens (primary N) is 1. The molecule has 152 valence electrons. The van der Waals surface area contributed by atoms with Crippen LogP contribution in [0.4, 0.5) is 0 Å². The monoisotopic (exact) mass is 408 g/mol. The molecule has 2 atom stereocenters. The van der Waals surface area contributed by atoms with Crippen LogP contribution < -0.4 is 5.73 Å². The van der Waals surface area contributed by atoms with Crippen LogP contribution in [0.1, 0.15) is 37.7 Å². The van der Waals surface area contributed by atoms with E-state index >= 15 is 0 Å². The van der Waals surface area contributed by atoms with Crippen LogP contribution in [0.5, 0.6) is 0 Å². The van der Waals surface area contributed by atoms with Gasteiger partial charge in [-0.25, -0.2) is 0 Å². The van der Waals surface area contributed by atoms with Crippen molar-refractivity contribution in [1.82, 2.24) is 4.90 Å². The normalized spacial score (nSPS) is 24.4. The Morgan fingerprint density at radius 2 is 2.03 bits per heavy atom. The van der Waals surface area contributed by atoms with Gasteiger partial charge in [-0.1, -0.05) is 42.5 Å². The number of primary amides is 1. The lowest BCUT2D eigenvalue weighted by molar-refractivity contribution is -0.143. The van der Waals surface area contributed by atoms with Crippen molar-refractivity contribution >= 4 is 23.2 Å². The molecule has 2 aromatic rings. The zero-order valence-electron chi connectivity index (χ0n) is 16.7. The molecule has 0 spiro atoms. The van der Waals surface area contributed by atoms with Crippen molar-refractivity contribution in [3.63, 3.8) is 0 Å². The number of hydrogen-bond donors (Lipinski definition) is 1. The van der Waals surface area contributed by atoms with Crippen molar-refractivity contribution in [2.45, 2.75) is 38.5 Å². The van der Waals surface area contributed by atoms with Gasteiger partial charge in [-0.3, -0.25) is 9.59 Å². The van der Waals surface area contributed by atoms with E-state index in [0.717, 1.165) is 49.8 Å². The number of piperidine rings is 1. The van der Waals surface area contributed by atoms with E-state index in [1.807, 2.05) is 23.1 Å². The number of carbonyl (C=O) groups excluding carboxylic acids is 2. The molecule has 0 saturated carbocycles. The third kappa shape index (κ3) is 4.15. The second-order valence-electron chi connectivity index (χ2n) is 8.30. The van der Waals surface area contributed by atoms with E-state index in [1.54, 1.807) is 11.3 Å². The van der Waals surface area contributed by atoms with Crippen molar-refractivity contribution in [2.75, 3.05) is 13.1 Å². The largest absolute Gasteiger partial charge is 0.369 e. The number of hydrogen-bond acceptors (Lipinski definition) is 3. The predicted octanol–water partition coefficient (Wildman–Crippen LogP) is 4.41. The van der Waals surface area contributed by atoms with Crippen molar-refractivity contribution in [3.8, 4) is 10.4 Å². The fraction of sp³-hybridized carbons (Fsp3) is 0.417. The molecule has 2 heterocycles. The third-order valence-electron chi connectivity index (χ3n) is 6.36. The van der Waals surface area contributed by atoms with E-state index in [0.29, 0.717) is 13.0 Å². The van der Waals surface area contributed by atoms with E-state index in [1.165, 1.54) is 4.88 Å². The topological polar surface area (TPSA) is 63.4 Å². The summed E-state index contributed by atoms with van der Waals surface area (Å²) in [6.45, 7) is 1.15. The standard InChI is InChI=1S/C24H28N2O2S/c25-23(28)24(16-19-10-4-5-11-20(19)21-12-6-15-29-21)13-7-14-26(17-24)22(27)18-8-2-1-3-9-18/h1-2,4-6,10-12,15,18H,3,7-9,13-14,16-17H2,(H2,25,28)/t18-,24-/m1/s1. The minimum absolute atomic E-state index is 0.0436. The van der Waals surface area contributed by atoms with Crippen LogP contribution in [0.15, 0.2) is 53.9 Å². The first kappa shape index (κ1) is 19.9. The second-order valence-corrected chi connectivity index (χ2v) is 9.25. The Kier molecular flexibility index (Phi) is 5.86. The number of amides is 2.